The van der Waals surface area contributed by atoms with Crippen molar-refractivity contribution in [2.45, 2.75) is 4.90 Å². The molecule has 1 saturated heterocycles. The highest BCUT2D eigenvalue weighted by molar-refractivity contribution is 7.89. The van der Waals surface area contributed by atoms with E-state index in [0.717, 1.165) is 5.56 Å². The van der Waals surface area contributed by atoms with E-state index in [1.54, 1.807) is 12.1 Å². The third kappa shape index (κ3) is 3.51. The number of benzene rings is 2. The Morgan fingerprint density at radius 3 is 2.50 bits per heavy atom. The molecule has 0 unspecified atom stereocenters. The Labute approximate surface area is 162 Å². The second-order valence-corrected chi connectivity index (χ2v) is 8.08. The summed E-state index contributed by atoms with van der Waals surface area (Å²) in [4.78, 5) is 4.46. The van der Waals surface area contributed by atoms with Crippen molar-refractivity contribution in [1.82, 2.24) is 14.4 Å². The second-order valence-electron chi connectivity index (χ2n) is 6.17. The summed E-state index contributed by atoms with van der Waals surface area (Å²) in [7, 11) is -2.30. The van der Waals surface area contributed by atoms with Gasteiger partial charge in [0, 0.05) is 24.2 Å². The third-order valence-corrected chi connectivity index (χ3v) is 6.38. The minimum absolute atomic E-state index is 0.0638. The fourth-order valence-corrected chi connectivity index (χ4v) is 4.57. The molecule has 0 saturated carbocycles. The molecule has 3 aromatic rings. The normalized spacial score (nSPS) is 15.5. The van der Waals surface area contributed by atoms with Crippen LogP contribution < -0.4 is 4.74 Å². The van der Waals surface area contributed by atoms with Crippen molar-refractivity contribution in [3.05, 3.63) is 48.5 Å². The van der Waals surface area contributed by atoms with Gasteiger partial charge in [-0.25, -0.2) is 8.42 Å². The summed E-state index contributed by atoms with van der Waals surface area (Å²) in [5.41, 5.74) is 1.31. The standard InChI is InChI=1S/C19H19N3O5S/c1-25-16-8-7-15(13-17(16)28(23,24)22-9-11-26-12-10-22)19-20-18(21-27-19)14-5-3-2-4-6-14/h2-8,13H,9-12H2,1H3. The molecule has 1 fully saturated rings. The van der Waals surface area contributed by atoms with Crippen molar-refractivity contribution in [3.8, 4) is 28.6 Å². The average Bonchev–Trinajstić information content (AvgIpc) is 3.25. The summed E-state index contributed by atoms with van der Waals surface area (Å²) in [6.45, 7) is 1.33. The first-order valence-electron chi connectivity index (χ1n) is 8.75. The maximum absolute atomic E-state index is 13.1. The number of nitrogens with zero attached hydrogens (tertiary/aromatic N) is 3. The van der Waals surface area contributed by atoms with E-state index in [4.69, 9.17) is 14.0 Å². The molecule has 0 N–H and O–H groups in total. The topological polar surface area (TPSA) is 94.8 Å². The molecular formula is C19H19N3O5S. The number of hydrogen-bond donors (Lipinski definition) is 0. The van der Waals surface area contributed by atoms with Gasteiger partial charge in [0.2, 0.25) is 15.8 Å². The lowest BCUT2D eigenvalue weighted by atomic mass is 10.2. The van der Waals surface area contributed by atoms with Crippen LogP contribution in [0.4, 0.5) is 0 Å². The first kappa shape index (κ1) is 18.6. The Morgan fingerprint density at radius 2 is 1.79 bits per heavy atom. The van der Waals surface area contributed by atoms with Crippen LogP contribution in [0.3, 0.4) is 0 Å². The lowest BCUT2D eigenvalue weighted by Crippen LogP contribution is -2.40. The van der Waals surface area contributed by atoms with E-state index in [9.17, 15) is 8.42 Å². The Morgan fingerprint density at radius 1 is 1.04 bits per heavy atom. The van der Waals surface area contributed by atoms with E-state index in [-0.39, 0.29) is 16.5 Å². The van der Waals surface area contributed by atoms with Crippen molar-refractivity contribution < 1.29 is 22.4 Å². The van der Waals surface area contributed by atoms with Crippen LogP contribution in [0.2, 0.25) is 0 Å². The van der Waals surface area contributed by atoms with Gasteiger partial charge in [-0.2, -0.15) is 9.29 Å². The van der Waals surface area contributed by atoms with Crippen molar-refractivity contribution in [2.24, 2.45) is 0 Å². The highest BCUT2D eigenvalue weighted by Crippen LogP contribution is 2.32. The van der Waals surface area contributed by atoms with E-state index in [2.05, 4.69) is 10.1 Å². The van der Waals surface area contributed by atoms with Gasteiger partial charge in [0.15, 0.2) is 0 Å². The largest absolute Gasteiger partial charge is 0.495 e. The number of aromatic nitrogens is 2. The maximum atomic E-state index is 13.1. The summed E-state index contributed by atoms with van der Waals surface area (Å²) in [5.74, 6) is 0.932. The van der Waals surface area contributed by atoms with Gasteiger partial charge in [0.1, 0.15) is 10.6 Å². The SMILES string of the molecule is COc1ccc(-c2nc(-c3ccccc3)no2)cc1S(=O)(=O)N1CCOCC1. The molecule has 0 aliphatic carbocycles. The molecule has 28 heavy (non-hydrogen) atoms. The predicted molar refractivity (Wildman–Crippen MR) is 101 cm³/mol. The molecule has 1 aliphatic rings. The van der Waals surface area contributed by atoms with Crippen LogP contribution in [0.15, 0.2) is 57.9 Å². The predicted octanol–water partition coefficient (Wildman–Crippen LogP) is 2.43. The zero-order chi connectivity index (χ0) is 19.6. The molecule has 0 radical (unpaired) electrons. The molecule has 2 aromatic carbocycles. The Bertz CT molecular complexity index is 1060. The number of morpholine rings is 1. The molecule has 9 heteroatoms. The van der Waals surface area contributed by atoms with E-state index in [0.29, 0.717) is 37.7 Å². The molecule has 1 aromatic heterocycles. The summed E-state index contributed by atoms with van der Waals surface area (Å²) in [6, 6.07) is 14.2. The molecule has 0 atom stereocenters. The van der Waals surface area contributed by atoms with Crippen LogP contribution >= 0.6 is 0 Å². The molecule has 0 spiro atoms. The molecule has 0 amide bonds. The summed E-state index contributed by atoms with van der Waals surface area (Å²) >= 11 is 0. The van der Waals surface area contributed by atoms with Gasteiger partial charge in [-0.1, -0.05) is 35.5 Å². The smallest absolute Gasteiger partial charge is 0.258 e. The molecule has 0 bridgehead atoms. The summed E-state index contributed by atoms with van der Waals surface area (Å²) in [6.07, 6.45) is 0. The fraction of sp³-hybridized carbons (Fsp3) is 0.263. The van der Waals surface area contributed by atoms with Crippen LogP contribution in [-0.4, -0.2) is 56.3 Å². The number of ether oxygens (including phenoxy) is 2. The zero-order valence-electron chi connectivity index (χ0n) is 15.2. The minimum atomic E-state index is -3.74. The summed E-state index contributed by atoms with van der Waals surface area (Å²) in [5, 5.41) is 3.99. The van der Waals surface area contributed by atoms with Gasteiger partial charge in [-0.05, 0) is 18.2 Å². The maximum Gasteiger partial charge on any atom is 0.258 e. The van der Waals surface area contributed by atoms with Crippen molar-refractivity contribution in [3.63, 3.8) is 0 Å². The quantitative estimate of drug-likeness (QED) is 0.648. The third-order valence-electron chi connectivity index (χ3n) is 4.46. The Kier molecular flexibility index (Phi) is 5.12. The molecule has 1 aliphatic heterocycles. The van der Waals surface area contributed by atoms with Gasteiger partial charge in [-0.15, -0.1) is 0 Å². The van der Waals surface area contributed by atoms with Crippen LogP contribution in [0.1, 0.15) is 0 Å². The lowest BCUT2D eigenvalue weighted by molar-refractivity contribution is 0.0729. The second kappa shape index (κ2) is 7.70. The average molecular weight is 401 g/mol. The first-order chi connectivity index (χ1) is 13.6. The molecular weight excluding hydrogens is 382 g/mol. The van der Waals surface area contributed by atoms with Crippen molar-refractivity contribution >= 4 is 10.0 Å². The van der Waals surface area contributed by atoms with Crippen LogP contribution in [0, 0.1) is 0 Å². The monoisotopic (exact) mass is 401 g/mol. The molecule has 4 rings (SSSR count). The number of hydrogen-bond acceptors (Lipinski definition) is 7. The van der Waals surface area contributed by atoms with E-state index >= 15 is 0 Å². The van der Waals surface area contributed by atoms with Gasteiger partial charge >= 0.3 is 0 Å². The molecule has 2 heterocycles. The Hall–Kier alpha value is -2.75. The van der Waals surface area contributed by atoms with Crippen molar-refractivity contribution in [2.75, 3.05) is 33.4 Å². The number of rotatable bonds is 5. The minimum Gasteiger partial charge on any atom is -0.495 e. The Balaban J connectivity index is 1.72. The van der Waals surface area contributed by atoms with Gasteiger partial charge in [0.25, 0.3) is 5.89 Å². The molecule has 8 nitrogen and oxygen atoms in total. The van der Waals surface area contributed by atoms with Gasteiger partial charge in [0.05, 0.1) is 20.3 Å². The zero-order valence-corrected chi connectivity index (χ0v) is 16.1. The molecule has 146 valence electrons. The van der Waals surface area contributed by atoms with E-state index in [1.807, 2.05) is 30.3 Å². The summed E-state index contributed by atoms with van der Waals surface area (Å²) < 4.78 is 43.5. The first-order valence-corrected chi connectivity index (χ1v) is 10.2. The van der Waals surface area contributed by atoms with Crippen LogP contribution in [-0.2, 0) is 14.8 Å². The lowest BCUT2D eigenvalue weighted by Gasteiger charge is -2.26. The highest BCUT2D eigenvalue weighted by atomic mass is 32.2. The van der Waals surface area contributed by atoms with Crippen LogP contribution in [0.5, 0.6) is 5.75 Å². The van der Waals surface area contributed by atoms with Crippen LogP contribution in [0.25, 0.3) is 22.8 Å². The van der Waals surface area contributed by atoms with Crippen molar-refractivity contribution in [1.29, 1.82) is 0 Å². The number of sulfonamides is 1. The van der Waals surface area contributed by atoms with Gasteiger partial charge < -0.3 is 14.0 Å². The fourth-order valence-electron chi connectivity index (χ4n) is 2.98. The van der Waals surface area contributed by atoms with Gasteiger partial charge in [-0.3, -0.25) is 0 Å². The number of methoxy groups -OCH3 is 1. The van der Waals surface area contributed by atoms with E-state index in [1.165, 1.54) is 17.5 Å². The highest BCUT2D eigenvalue weighted by Gasteiger charge is 2.30. The van der Waals surface area contributed by atoms with E-state index < -0.39 is 10.0 Å².